The molecule has 0 atom stereocenters. The smallest absolute Gasteiger partial charge is 0.198 e. The third kappa shape index (κ3) is 2.46. The molecule has 0 fully saturated rings. The average Bonchev–Trinajstić information content (AvgIpc) is 2.03. The lowest BCUT2D eigenvalue weighted by molar-refractivity contribution is 0.551. The molecule has 0 aliphatic rings. The van der Waals surface area contributed by atoms with Gasteiger partial charge in [-0.1, -0.05) is 34.1 Å². The topological polar surface area (TPSA) is 17.1 Å². The van der Waals surface area contributed by atoms with Crippen LogP contribution in [0, 0.1) is 0 Å². The fourth-order valence-corrected chi connectivity index (χ4v) is 1.37. The van der Waals surface area contributed by atoms with E-state index in [4.69, 9.17) is 0 Å². The molecule has 11 heavy (non-hydrogen) atoms. The van der Waals surface area contributed by atoms with E-state index < -0.39 is 0 Å². The Hall–Kier alpha value is -0.630. The SMILES string of the molecule is O=[C]CCc1ccccc1Br. The van der Waals surface area contributed by atoms with Gasteiger partial charge in [0, 0.05) is 10.9 Å². The van der Waals surface area contributed by atoms with Crippen LogP contribution in [0.2, 0.25) is 0 Å². The Morgan fingerprint density at radius 1 is 1.36 bits per heavy atom. The predicted molar refractivity (Wildman–Crippen MR) is 48.2 cm³/mol. The largest absolute Gasteiger partial charge is 0.291 e. The number of hydrogen-bond donors (Lipinski definition) is 0. The van der Waals surface area contributed by atoms with Crippen molar-refractivity contribution in [2.45, 2.75) is 12.8 Å². The molecule has 0 aromatic heterocycles. The quantitative estimate of drug-likeness (QED) is 0.752. The number of benzene rings is 1. The maximum atomic E-state index is 9.95. The second kappa shape index (κ2) is 4.29. The summed E-state index contributed by atoms with van der Waals surface area (Å²) in [5, 5.41) is 0. The summed E-state index contributed by atoms with van der Waals surface area (Å²) in [6, 6.07) is 7.89. The van der Waals surface area contributed by atoms with E-state index in [-0.39, 0.29) is 0 Å². The van der Waals surface area contributed by atoms with E-state index in [1.165, 1.54) is 0 Å². The molecule has 0 aliphatic carbocycles. The van der Waals surface area contributed by atoms with Crippen molar-refractivity contribution in [3.8, 4) is 0 Å². The molecule has 0 aliphatic heterocycles. The zero-order valence-corrected chi connectivity index (χ0v) is 7.60. The van der Waals surface area contributed by atoms with E-state index in [0.29, 0.717) is 6.42 Å². The molecule has 1 rings (SSSR count). The molecule has 0 bridgehead atoms. The highest BCUT2D eigenvalue weighted by molar-refractivity contribution is 9.10. The van der Waals surface area contributed by atoms with Crippen molar-refractivity contribution in [1.82, 2.24) is 0 Å². The van der Waals surface area contributed by atoms with E-state index in [1.807, 2.05) is 30.6 Å². The average molecular weight is 212 g/mol. The zero-order valence-electron chi connectivity index (χ0n) is 6.01. The normalized spacial score (nSPS) is 9.55. The molecule has 0 saturated carbocycles. The zero-order chi connectivity index (χ0) is 8.10. The standard InChI is InChI=1S/C9H8BrO/c10-9-6-2-1-4-8(9)5-3-7-11/h1-2,4,6H,3,5H2. The van der Waals surface area contributed by atoms with E-state index in [1.54, 1.807) is 0 Å². The van der Waals surface area contributed by atoms with Crippen LogP contribution in [0.5, 0.6) is 0 Å². The maximum Gasteiger partial charge on any atom is 0.198 e. The van der Waals surface area contributed by atoms with Crippen LogP contribution >= 0.6 is 15.9 Å². The summed E-state index contributed by atoms with van der Waals surface area (Å²) < 4.78 is 1.07. The van der Waals surface area contributed by atoms with Gasteiger partial charge in [0.2, 0.25) is 0 Å². The Kier molecular flexibility index (Phi) is 3.30. The highest BCUT2D eigenvalue weighted by Crippen LogP contribution is 2.16. The molecule has 1 aromatic carbocycles. The van der Waals surface area contributed by atoms with Crippen LogP contribution in [0.15, 0.2) is 28.7 Å². The number of carbonyl (C=O) groups excluding carboxylic acids is 1. The van der Waals surface area contributed by atoms with Gasteiger partial charge in [0.15, 0.2) is 6.29 Å². The van der Waals surface area contributed by atoms with Crippen molar-refractivity contribution in [3.05, 3.63) is 34.3 Å². The highest BCUT2D eigenvalue weighted by atomic mass is 79.9. The fraction of sp³-hybridized carbons (Fsp3) is 0.222. The summed E-state index contributed by atoms with van der Waals surface area (Å²) in [5.74, 6) is 0. The van der Waals surface area contributed by atoms with Gasteiger partial charge in [0.1, 0.15) is 0 Å². The van der Waals surface area contributed by atoms with Crippen molar-refractivity contribution in [3.63, 3.8) is 0 Å². The first-order valence-corrected chi connectivity index (χ1v) is 4.22. The van der Waals surface area contributed by atoms with Gasteiger partial charge in [-0.3, -0.25) is 4.79 Å². The van der Waals surface area contributed by atoms with Gasteiger partial charge >= 0.3 is 0 Å². The number of halogens is 1. The monoisotopic (exact) mass is 211 g/mol. The molecule has 57 valence electrons. The molecule has 0 heterocycles. The molecule has 2 heteroatoms. The van der Waals surface area contributed by atoms with Crippen molar-refractivity contribution < 1.29 is 4.79 Å². The Morgan fingerprint density at radius 2 is 2.09 bits per heavy atom. The Labute approximate surface area is 74.6 Å². The molecule has 0 saturated heterocycles. The first kappa shape index (κ1) is 8.47. The van der Waals surface area contributed by atoms with Crippen LogP contribution in [-0.4, -0.2) is 6.29 Å². The summed E-state index contributed by atoms with van der Waals surface area (Å²) in [6.45, 7) is 0. The molecule has 0 amide bonds. The van der Waals surface area contributed by atoms with Crippen molar-refractivity contribution >= 4 is 22.2 Å². The number of hydrogen-bond acceptors (Lipinski definition) is 1. The third-order valence-electron chi connectivity index (χ3n) is 1.45. The minimum absolute atomic E-state index is 0.475. The molecular formula is C9H8BrO. The molecule has 0 unspecified atom stereocenters. The van der Waals surface area contributed by atoms with E-state index in [2.05, 4.69) is 15.9 Å². The minimum Gasteiger partial charge on any atom is -0.291 e. The lowest BCUT2D eigenvalue weighted by atomic mass is 10.1. The van der Waals surface area contributed by atoms with Crippen LogP contribution < -0.4 is 0 Å². The van der Waals surface area contributed by atoms with Crippen LogP contribution in [0.25, 0.3) is 0 Å². The van der Waals surface area contributed by atoms with Crippen molar-refractivity contribution in [2.75, 3.05) is 0 Å². The lowest BCUT2D eigenvalue weighted by Crippen LogP contribution is -1.86. The summed E-state index contributed by atoms with van der Waals surface area (Å²) in [6.07, 6.45) is 3.12. The highest BCUT2D eigenvalue weighted by Gasteiger charge is 1.96. The molecule has 0 N–H and O–H groups in total. The first-order valence-electron chi connectivity index (χ1n) is 3.43. The van der Waals surface area contributed by atoms with Crippen LogP contribution in [0.4, 0.5) is 0 Å². The number of aryl methyl sites for hydroxylation is 1. The Bertz CT molecular complexity index is 245. The van der Waals surface area contributed by atoms with E-state index in [0.717, 1.165) is 16.5 Å². The molecule has 1 aromatic rings. The predicted octanol–water partition coefficient (Wildman–Crippen LogP) is 2.49. The summed E-state index contributed by atoms with van der Waals surface area (Å²) in [7, 11) is 0. The summed E-state index contributed by atoms with van der Waals surface area (Å²) in [4.78, 5) is 9.95. The Morgan fingerprint density at radius 3 is 2.73 bits per heavy atom. The number of rotatable bonds is 3. The van der Waals surface area contributed by atoms with Gasteiger partial charge < -0.3 is 0 Å². The second-order valence-electron chi connectivity index (χ2n) is 2.24. The van der Waals surface area contributed by atoms with Gasteiger partial charge in [-0.2, -0.15) is 0 Å². The van der Waals surface area contributed by atoms with Gasteiger partial charge in [-0.15, -0.1) is 0 Å². The van der Waals surface area contributed by atoms with Crippen molar-refractivity contribution in [2.24, 2.45) is 0 Å². The van der Waals surface area contributed by atoms with Gasteiger partial charge in [-0.25, -0.2) is 0 Å². The molecular weight excluding hydrogens is 204 g/mol. The molecule has 0 spiro atoms. The first-order chi connectivity index (χ1) is 5.34. The fourth-order valence-electron chi connectivity index (χ4n) is 0.887. The van der Waals surface area contributed by atoms with Crippen molar-refractivity contribution in [1.29, 1.82) is 0 Å². The van der Waals surface area contributed by atoms with Crippen LogP contribution in [0.1, 0.15) is 12.0 Å². The van der Waals surface area contributed by atoms with Gasteiger partial charge in [0.25, 0.3) is 0 Å². The molecule has 1 nitrogen and oxygen atoms in total. The van der Waals surface area contributed by atoms with Gasteiger partial charge in [0.05, 0.1) is 0 Å². The van der Waals surface area contributed by atoms with Gasteiger partial charge in [-0.05, 0) is 18.1 Å². The summed E-state index contributed by atoms with van der Waals surface area (Å²) >= 11 is 3.40. The van der Waals surface area contributed by atoms with Crippen LogP contribution in [0.3, 0.4) is 0 Å². The second-order valence-corrected chi connectivity index (χ2v) is 3.09. The van der Waals surface area contributed by atoms with E-state index in [9.17, 15) is 4.79 Å². The maximum absolute atomic E-state index is 9.95. The lowest BCUT2D eigenvalue weighted by Gasteiger charge is -1.98. The van der Waals surface area contributed by atoms with Crippen LogP contribution in [-0.2, 0) is 11.2 Å². The third-order valence-corrected chi connectivity index (χ3v) is 2.23. The summed E-state index contributed by atoms with van der Waals surface area (Å²) in [5.41, 5.74) is 1.16. The van der Waals surface area contributed by atoms with E-state index >= 15 is 0 Å². The Balaban J connectivity index is 2.69. The minimum atomic E-state index is 0.475. The molecule has 1 radical (unpaired) electrons.